The molecule has 0 aliphatic carbocycles. The Bertz CT molecular complexity index is 390. The normalized spacial score (nSPS) is 21.1. The molecule has 1 heterocycles. The van der Waals surface area contributed by atoms with Gasteiger partial charge in [0.05, 0.1) is 7.11 Å². The second-order valence-corrected chi connectivity index (χ2v) is 5.77. The molecular weight excluding hydrogens is 248 g/mol. The zero-order chi connectivity index (χ0) is 14.4. The Balaban J connectivity index is 2.04. The Morgan fingerprint density at radius 3 is 2.65 bits per heavy atom. The summed E-state index contributed by atoms with van der Waals surface area (Å²) >= 11 is 0. The molecule has 0 saturated carbocycles. The van der Waals surface area contributed by atoms with Crippen LogP contribution in [0.4, 0.5) is 0 Å². The van der Waals surface area contributed by atoms with E-state index in [2.05, 4.69) is 48.3 Å². The summed E-state index contributed by atoms with van der Waals surface area (Å²) in [6, 6.07) is 9.63. The average molecular weight is 276 g/mol. The van der Waals surface area contributed by atoms with Crippen LogP contribution in [-0.2, 0) is 0 Å². The number of nitrogens with zero attached hydrogens (tertiary/aromatic N) is 1. The molecular formula is C17H28N2O. The SMILES string of the molecule is CCCNC(CN1CCCC1C)c1ccc(OC)cc1. The number of nitrogens with one attached hydrogen (secondary N) is 1. The maximum absolute atomic E-state index is 5.25. The summed E-state index contributed by atoms with van der Waals surface area (Å²) in [5, 5.41) is 3.69. The van der Waals surface area contributed by atoms with Crippen molar-refractivity contribution in [3.8, 4) is 5.75 Å². The first kappa shape index (κ1) is 15.3. The summed E-state index contributed by atoms with van der Waals surface area (Å²) in [6.07, 6.45) is 3.84. The zero-order valence-electron chi connectivity index (χ0n) is 13.1. The fourth-order valence-corrected chi connectivity index (χ4v) is 2.94. The van der Waals surface area contributed by atoms with Crippen LogP contribution in [0.25, 0.3) is 0 Å². The summed E-state index contributed by atoms with van der Waals surface area (Å²) in [5.74, 6) is 0.928. The van der Waals surface area contributed by atoms with E-state index in [1.54, 1.807) is 7.11 Å². The molecule has 2 unspecified atom stereocenters. The zero-order valence-corrected chi connectivity index (χ0v) is 13.1. The van der Waals surface area contributed by atoms with E-state index < -0.39 is 0 Å². The minimum absolute atomic E-state index is 0.418. The lowest BCUT2D eigenvalue weighted by Crippen LogP contribution is -2.37. The van der Waals surface area contributed by atoms with Gasteiger partial charge in [0.1, 0.15) is 5.75 Å². The molecule has 0 bridgehead atoms. The van der Waals surface area contributed by atoms with E-state index >= 15 is 0 Å². The van der Waals surface area contributed by atoms with E-state index in [9.17, 15) is 0 Å². The van der Waals surface area contributed by atoms with Gasteiger partial charge in [-0.25, -0.2) is 0 Å². The van der Waals surface area contributed by atoms with Crippen LogP contribution in [0.2, 0.25) is 0 Å². The maximum atomic E-state index is 5.25. The van der Waals surface area contributed by atoms with E-state index in [4.69, 9.17) is 4.74 Å². The average Bonchev–Trinajstić information content (AvgIpc) is 2.89. The molecule has 1 aliphatic rings. The Kier molecular flexibility index (Phi) is 5.86. The molecule has 3 nitrogen and oxygen atoms in total. The molecule has 1 saturated heterocycles. The number of hydrogen-bond donors (Lipinski definition) is 1. The van der Waals surface area contributed by atoms with Crippen LogP contribution >= 0.6 is 0 Å². The van der Waals surface area contributed by atoms with E-state index in [-0.39, 0.29) is 0 Å². The molecule has 1 fully saturated rings. The van der Waals surface area contributed by atoms with Crippen LogP contribution < -0.4 is 10.1 Å². The standard InChI is InChI=1S/C17H28N2O/c1-4-11-18-17(13-19-12-5-6-14(19)2)15-7-9-16(20-3)10-8-15/h7-10,14,17-18H,4-6,11-13H2,1-3H3. The highest BCUT2D eigenvalue weighted by Gasteiger charge is 2.23. The minimum atomic E-state index is 0.418. The van der Waals surface area contributed by atoms with Crippen molar-refractivity contribution in [2.75, 3.05) is 26.7 Å². The molecule has 20 heavy (non-hydrogen) atoms. The highest BCUT2D eigenvalue weighted by atomic mass is 16.5. The first-order valence-electron chi connectivity index (χ1n) is 7.86. The first-order chi connectivity index (χ1) is 9.74. The summed E-state index contributed by atoms with van der Waals surface area (Å²) in [5.41, 5.74) is 1.36. The Morgan fingerprint density at radius 2 is 2.10 bits per heavy atom. The predicted molar refractivity (Wildman–Crippen MR) is 84.3 cm³/mol. The van der Waals surface area contributed by atoms with Crippen molar-refractivity contribution >= 4 is 0 Å². The van der Waals surface area contributed by atoms with E-state index in [0.717, 1.165) is 24.9 Å². The molecule has 112 valence electrons. The van der Waals surface area contributed by atoms with Crippen LogP contribution in [0.15, 0.2) is 24.3 Å². The molecule has 0 aromatic heterocycles. The van der Waals surface area contributed by atoms with Gasteiger partial charge in [0, 0.05) is 18.6 Å². The van der Waals surface area contributed by atoms with Gasteiger partial charge in [0.25, 0.3) is 0 Å². The number of rotatable bonds is 7. The molecule has 0 amide bonds. The monoisotopic (exact) mass is 276 g/mol. The van der Waals surface area contributed by atoms with Gasteiger partial charge in [-0.2, -0.15) is 0 Å². The topological polar surface area (TPSA) is 24.5 Å². The molecule has 3 heteroatoms. The largest absolute Gasteiger partial charge is 0.497 e. The van der Waals surface area contributed by atoms with Crippen LogP contribution in [0.3, 0.4) is 0 Å². The lowest BCUT2D eigenvalue weighted by atomic mass is 10.1. The molecule has 1 N–H and O–H groups in total. The molecule has 2 atom stereocenters. The second kappa shape index (κ2) is 7.65. The van der Waals surface area contributed by atoms with Gasteiger partial charge < -0.3 is 10.1 Å². The van der Waals surface area contributed by atoms with Crippen LogP contribution in [0.1, 0.15) is 44.7 Å². The van der Waals surface area contributed by atoms with Crippen molar-refractivity contribution in [3.05, 3.63) is 29.8 Å². The lowest BCUT2D eigenvalue weighted by molar-refractivity contribution is 0.237. The number of benzene rings is 1. The second-order valence-electron chi connectivity index (χ2n) is 5.77. The smallest absolute Gasteiger partial charge is 0.118 e. The van der Waals surface area contributed by atoms with Crippen molar-refractivity contribution < 1.29 is 4.74 Å². The number of likely N-dealkylation sites (tertiary alicyclic amines) is 1. The fourth-order valence-electron chi connectivity index (χ4n) is 2.94. The fraction of sp³-hybridized carbons (Fsp3) is 0.647. The van der Waals surface area contributed by atoms with Gasteiger partial charge in [0.15, 0.2) is 0 Å². The first-order valence-corrected chi connectivity index (χ1v) is 7.86. The summed E-state index contributed by atoms with van der Waals surface area (Å²) in [7, 11) is 1.72. The van der Waals surface area contributed by atoms with Gasteiger partial charge >= 0.3 is 0 Å². The number of ether oxygens (including phenoxy) is 1. The minimum Gasteiger partial charge on any atom is -0.497 e. The van der Waals surface area contributed by atoms with Crippen molar-refractivity contribution in [1.82, 2.24) is 10.2 Å². The molecule has 0 spiro atoms. The highest BCUT2D eigenvalue weighted by Crippen LogP contribution is 2.23. The molecule has 0 radical (unpaired) electrons. The lowest BCUT2D eigenvalue weighted by Gasteiger charge is -2.28. The van der Waals surface area contributed by atoms with Crippen LogP contribution in [-0.4, -0.2) is 37.7 Å². The molecule has 1 aliphatic heterocycles. The third kappa shape index (κ3) is 3.97. The van der Waals surface area contributed by atoms with Crippen LogP contribution in [0.5, 0.6) is 5.75 Å². The van der Waals surface area contributed by atoms with Gasteiger partial charge in [-0.15, -0.1) is 0 Å². The Labute approximate surface area is 123 Å². The van der Waals surface area contributed by atoms with Crippen molar-refractivity contribution in [2.45, 2.75) is 45.2 Å². The maximum Gasteiger partial charge on any atom is 0.118 e. The van der Waals surface area contributed by atoms with Gasteiger partial charge in [-0.3, -0.25) is 4.90 Å². The summed E-state index contributed by atoms with van der Waals surface area (Å²) < 4.78 is 5.25. The third-order valence-electron chi connectivity index (χ3n) is 4.27. The molecule has 1 aromatic carbocycles. The van der Waals surface area contributed by atoms with E-state index in [1.807, 2.05) is 0 Å². The van der Waals surface area contributed by atoms with Gasteiger partial charge in [-0.1, -0.05) is 19.1 Å². The van der Waals surface area contributed by atoms with Crippen LogP contribution in [0, 0.1) is 0 Å². The van der Waals surface area contributed by atoms with Gasteiger partial charge in [0.2, 0.25) is 0 Å². The van der Waals surface area contributed by atoms with Crippen molar-refractivity contribution in [3.63, 3.8) is 0 Å². The predicted octanol–water partition coefficient (Wildman–Crippen LogP) is 3.22. The molecule has 1 aromatic rings. The summed E-state index contributed by atoms with van der Waals surface area (Å²) in [4.78, 5) is 2.61. The Morgan fingerprint density at radius 1 is 1.35 bits per heavy atom. The quantitative estimate of drug-likeness (QED) is 0.827. The highest BCUT2D eigenvalue weighted by molar-refractivity contribution is 5.29. The van der Waals surface area contributed by atoms with E-state index in [1.165, 1.54) is 31.4 Å². The third-order valence-corrected chi connectivity index (χ3v) is 4.27. The molecule has 2 rings (SSSR count). The van der Waals surface area contributed by atoms with Gasteiger partial charge in [-0.05, 0) is 57.0 Å². The van der Waals surface area contributed by atoms with E-state index in [0.29, 0.717) is 6.04 Å². The number of hydrogen-bond acceptors (Lipinski definition) is 3. The van der Waals surface area contributed by atoms with Crippen molar-refractivity contribution in [2.24, 2.45) is 0 Å². The number of methoxy groups -OCH3 is 1. The van der Waals surface area contributed by atoms with Crippen molar-refractivity contribution in [1.29, 1.82) is 0 Å². The summed E-state index contributed by atoms with van der Waals surface area (Å²) in [6.45, 7) is 7.97. The Hall–Kier alpha value is -1.06.